The first kappa shape index (κ1) is 14.7. The van der Waals surface area contributed by atoms with E-state index in [9.17, 15) is 4.79 Å². The highest BCUT2D eigenvalue weighted by molar-refractivity contribution is 6.30. The van der Waals surface area contributed by atoms with Crippen LogP contribution in [0.5, 0.6) is 0 Å². The zero-order valence-electron chi connectivity index (χ0n) is 10.9. The molecule has 0 saturated carbocycles. The quantitative estimate of drug-likeness (QED) is 0.585. The normalized spacial score (nSPS) is 11.1. The number of halogens is 1. The van der Waals surface area contributed by atoms with Crippen LogP contribution in [0.4, 0.5) is 0 Å². The van der Waals surface area contributed by atoms with Gasteiger partial charge in [-0.15, -0.1) is 0 Å². The summed E-state index contributed by atoms with van der Waals surface area (Å²) in [5.74, 6) is -0.0568. The zero-order valence-corrected chi connectivity index (χ0v) is 11.6. The molecule has 0 saturated heterocycles. The second-order valence-corrected chi connectivity index (χ2v) is 4.92. The molecular formula is C14H20ClN2O+. The number of carbonyl (C=O) groups excluding carboxylic acids is 1. The number of quaternary nitrogens is 1. The Morgan fingerprint density at radius 1 is 1.33 bits per heavy atom. The molecule has 0 radical (unpaired) electrons. The van der Waals surface area contributed by atoms with E-state index >= 15 is 0 Å². The highest BCUT2D eigenvalue weighted by atomic mass is 35.5. The van der Waals surface area contributed by atoms with E-state index in [0.717, 1.165) is 25.1 Å². The summed E-state index contributed by atoms with van der Waals surface area (Å²) in [5.41, 5.74) is 0.965. The van der Waals surface area contributed by atoms with Crippen LogP contribution >= 0.6 is 11.6 Å². The maximum absolute atomic E-state index is 11.5. The Kier molecular flexibility index (Phi) is 6.47. The number of amides is 1. The molecule has 0 unspecified atom stereocenters. The summed E-state index contributed by atoms with van der Waals surface area (Å²) in [6.07, 6.45) is 4.32. The summed E-state index contributed by atoms with van der Waals surface area (Å²) in [6, 6.07) is 7.36. The van der Waals surface area contributed by atoms with Crippen LogP contribution < -0.4 is 10.2 Å². The van der Waals surface area contributed by atoms with Crippen molar-refractivity contribution in [1.82, 2.24) is 5.32 Å². The van der Waals surface area contributed by atoms with E-state index in [0.29, 0.717) is 5.02 Å². The Hall–Kier alpha value is -1.32. The summed E-state index contributed by atoms with van der Waals surface area (Å²) in [5, 5.41) is 3.55. The zero-order chi connectivity index (χ0) is 13.4. The Bertz CT molecular complexity index is 399. The fourth-order valence-corrected chi connectivity index (χ4v) is 1.58. The lowest BCUT2D eigenvalue weighted by Gasteiger charge is -2.06. The monoisotopic (exact) mass is 267 g/mol. The Balaban J connectivity index is 2.29. The third kappa shape index (κ3) is 6.42. The van der Waals surface area contributed by atoms with E-state index < -0.39 is 0 Å². The Morgan fingerprint density at radius 2 is 2.00 bits per heavy atom. The molecule has 18 heavy (non-hydrogen) atoms. The predicted octanol–water partition coefficient (Wildman–Crippen LogP) is 1.00. The topological polar surface area (TPSA) is 33.5 Å². The van der Waals surface area contributed by atoms with Gasteiger partial charge >= 0.3 is 0 Å². The molecule has 0 aliphatic carbocycles. The first-order valence-electron chi connectivity index (χ1n) is 6.08. The van der Waals surface area contributed by atoms with Gasteiger partial charge in [0.15, 0.2) is 0 Å². The highest BCUT2D eigenvalue weighted by Gasteiger charge is 1.97. The van der Waals surface area contributed by atoms with Gasteiger partial charge in [0.2, 0.25) is 5.91 Å². The first-order valence-corrected chi connectivity index (χ1v) is 6.46. The molecule has 0 bridgehead atoms. The second-order valence-electron chi connectivity index (χ2n) is 4.49. The van der Waals surface area contributed by atoms with Crippen LogP contribution in [0.25, 0.3) is 6.08 Å². The Morgan fingerprint density at radius 3 is 2.61 bits per heavy atom. The number of hydrogen-bond donors (Lipinski definition) is 2. The average molecular weight is 268 g/mol. The lowest BCUT2D eigenvalue weighted by molar-refractivity contribution is -0.858. The number of hydrogen-bond acceptors (Lipinski definition) is 1. The van der Waals surface area contributed by atoms with Gasteiger partial charge in [-0.25, -0.2) is 0 Å². The molecule has 4 heteroatoms. The maximum Gasteiger partial charge on any atom is 0.244 e. The summed E-state index contributed by atoms with van der Waals surface area (Å²) in [4.78, 5) is 12.9. The number of rotatable bonds is 6. The molecule has 0 atom stereocenters. The van der Waals surface area contributed by atoms with E-state index in [1.165, 1.54) is 4.90 Å². The third-order valence-electron chi connectivity index (χ3n) is 2.45. The number of carbonyl (C=O) groups is 1. The minimum absolute atomic E-state index is 0.0568. The summed E-state index contributed by atoms with van der Waals surface area (Å²) in [6.45, 7) is 1.77. The average Bonchev–Trinajstić information content (AvgIpc) is 2.34. The molecule has 0 aliphatic rings. The van der Waals surface area contributed by atoms with Crippen LogP contribution in [0.2, 0.25) is 5.02 Å². The number of nitrogens with one attached hydrogen (secondary N) is 2. The number of benzene rings is 1. The van der Waals surface area contributed by atoms with Crippen molar-refractivity contribution in [1.29, 1.82) is 0 Å². The van der Waals surface area contributed by atoms with Gasteiger partial charge in [0.25, 0.3) is 0 Å². The highest BCUT2D eigenvalue weighted by Crippen LogP contribution is 2.10. The lowest BCUT2D eigenvalue weighted by Crippen LogP contribution is -3.05. The van der Waals surface area contributed by atoms with Crippen LogP contribution in [0.1, 0.15) is 12.0 Å². The third-order valence-corrected chi connectivity index (χ3v) is 2.70. The lowest BCUT2D eigenvalue weighted by atomic mass is 10.2. The van der Waals surface area contributed by atoms with Gasteiger partial charge in [-0.3, -0.25) is 4.79 Å². The molecule has 2 N–H and O–H groups in total. The van der Waals surface area contributed by atoms with Crippen LogP contribution in [-0.2, 0) is 4.79 Å². The molecule has 98 valence electrons. The van der Waals surface area contributed by atoms with Gasteiger partial charge in [0.05, 0.1) is 20.6 Å². The van der Waals surface area contributed by atoms with Gasteiger partial charge in [0, 0.05) is 24.1 Å². The Labute approximate surface area is 113 Å². The fraction of sp³-hybridized carbons (Fsp3) is 0.357. The van der Waals surface area contributed by atoms with Gasteiger partial charge in [0.1, 0.15) is 0 Å². The van der Waals surface area contributed by atoms with Crippen LogP contribution in [0.3, 0.4) is 0 Å². The van der Waals surface area contributed by atoms with E-state index in [2.05, 4.69) is 19.4 Å². The minimum atomic E-state index is -0.0568. The largest absolute Gasteiger partial charge is 0.352 e. The van der Waals surface area contributed by atoms with Crippen LogP contribution in [-0.4, -0.2) is 33.1 Å². The van der Waals surface area contributed by atoms with Crippen molar-refractivity contribution in [2.75, 3.05) is 27.2 Å². The van der Waals surface area contributed by atoms with Crippen molar-refractivity contribution in [3.63, 3.8) is 0 Å². The molecule has 1 aromatic carbocycles. The van der Waals surface area contributed by atoms with Gasteiger partial charge in [-0.2, -0.15) is 0 Å². The predicted molar refractivity (Wildman–Crippen MR) is 75.8 cm³/mol. The summed E-state index contributed by atoms with van der Waals surface area (Å²) in [7, 11) is 4.20. The smallest absolute Gasteiger partial charge is 0.244 e. The van der Waals surface area contributed by atoms with Gasteiger partial charge < -0.3 is 10.2 Å². The maximum atomic E-state index is 11.5. The molecule has 0 aromatic heterocycles. The molecule has 1 amide bonds. The van der Waals surface area contributed by atoms with Crippen molar-refractivity contribution in [3.8, 4) is 0 Å². The van der Waals surface area contributed by atoms with E-state index in [1.807, 2.05) is 12.1 Å². The summed E-state index contributed by atoms with van der Waals surface area (Å²) >= 11 is 5.78. The molecule has 0 fully saturated rings. The van der Waals surface area contributed by atoms with Crippen LogP contribution in [0.15, 0.2) is 30.3 Å². The molecule has 0 spiro atoms. The minimum Gasteiger partial charge on any atom is -0.352 e. The fourth-order valence-electron chi connectivity index (χ4n) is 1.46. The van der Waals surface area contributed by atoms with Gasteiger partial charge in [-0.1, -0.05) is 23.7 Å². The van der Waals surface area contributed by atoms with Crippen molar-refractivity contribution in [2.45, 2.75) is 6.42 Å². The van der Waals surface area contributed by atoms with Gasteiger partial charge in [-0.05, 0) is 23.8 Å². The van der Waals surface area contributed by atoms with Crippen molar-refractivity contribution < 1.29 is 9.69 Å². The SMILES string of the molecule is C[NH+](C)CCCNC(=O)/C=C/c1ccc(Cl)cc1. The molecule has 3 nitrogen and oxygen atoms in total. The van der Waals surface area contributed by atoms with Crippen molar-refractivity contribution >= 4 is 23.6 Å². The van der Waals surface area contributed by atoms with Crippen molar-refractivity contribution in [2.24, 2.45) is 0 Å². The first-order chi connectivity index (χ1) is 8.58. The van der Waals surface area contributed by atoms with Crippen LogP contribution in [0, 0.1) is 0 Å². The molecule has 0 heterocycles. The standard InChI is InChI=1S/C14H19ClN2O/c1-17(2)11-3-10-16-14(18)9-6-12-4-7-13(15)8-5-12/h4-9H,3,10-11H2,1-2H3,(H,16,18)/p+1/b9-6+. The van der Waals surface area contributed by atoms with E-state index in [1.54, 1.807) is 24.3 Å². The molecule has 0 aliphatic heterocycles. The molecular weight excluding hydrogens is 248 g/mol. The van der Waals surface area contributed by atoms with E-state index in [-0.39, 0.29) is 5.91 Å². The van der Waals surface area contributed by atoms with Crippen molar-refractivity contribution in [3.05, 3.63) is 40.9 Å². The second kappa shape index (κ2) is 7.90. The molecule has 1 rings (SSSR count). The van der Waals surface area contributed by atoms with E-state index in [4.69, 9.17) is 11.6 Å². The molecule has 1 aromatic rings. The summed E-state index contributed by atoms with van der Waals surface area (Å²) < 4.78 is 0.